The van der Waals surface area contributed by atoms with Gasteiger partial charge in [-0.05, 0) is 6.42 Å². The van der Waals surface area contributed by atoms with E-state index >= 15 is 0 Å². The molecule has 0 fully saturated rings. The number of nitrogens with two attached hydrogens (primary N) is 1. The number of rotatable bonds is 15. The van der Waals surface area contributed by atoms with Crippen LogP contribution in [0, 0.1) is 0 Å². The number of carbonyl (C=O) groups excluding carboxylic acids is 1. The van der Waals surface area contributed by atoms with Crippen LogP contribution in [0.25, 0.3) is 0 Å². The van der Waals surface area contributed by atoms with E-state index in [9.17, 15) is 9.90 Å². The molecule has 138 valence electrons. The fourth-order valence-electron chi connectivity index (χ4n) is 3.39. The van der Waals surface area contributed by atoms with Gasteiger partial charge in [-0.25, -0.2) is 9.48 Å². The van der Waals surface area contributed by atoms with Gasteiger partial charge in [-0.15, -0.1) is 0 Å². The Hall–Kier alpha value is -1.20. The molecule has 0 spiro atoms. The Bertz CT molecular complexity index is 421. The third kappa shape index (κ3) is 7.58. The first-order valence-electron chi connectivity index (χ1n) is 9.66. The number of hydrogen-bond donors (Lipinski definition) is 1. The number of amidine groups is 1. The molecule has 1 aliphatic heterocycles. The molecule has 24 heavy (non-hydrogen) atoms. The van der Waals surface area contributed by atoms with Gasteiger partial charge >= 0.3 is 0 Å². The van der Waals surface area contributed by atoms with Crippen LogP contribution in [-0.4, -0.2) is 35.9 Å². The van der Waals surface area contributed by atoms with Gasteiger partial charge in [-0.2, -0.15) is 0 Å². The molecule has 0 aliphatic carbocycles. The predicted octanol–water partition coefficient (Wildman–Crippen LogP) is 2.71. The number of hydrogen-bond acceptors (Lipinski definition) is 4. The SMILES string of the molecule is CCCCCCCCCCCCC1=NC=C[N+]1(CCN)CC(=O)[O-]. The molecule has 1 heterocycles. The third-order valence-corrected chi connectivity index (χ3v) is 4.78. The highest BCUT2D eigenvalue weighted by molar-refractivity contribution is 5.80. The minimum Gasteiger partial charge on any atom is -0.544 e. The highest BCUT2D eigenvalue weighted by atomic mass is 16.4. The van der Waals surface area contributed by atoms with Crippen molar-refractivity contribution in [2.45, 2.75) is 77.6 Å². The lowest BCUT2D eigenvalue weighted by Gasteiger charge is -2.32. The molecule has 0 bridgehead atoms. The second-order valence-corrected chi connectivity index (χ2v) is 6.85. The van der Waals surface area contributed by atoms with E-state index in [1.165, 1.54) is 57.8 Å². The van der Waals surface area contributed by atoms with Gasteiger partial charge in [-0.1, -0.05) is 64.7 Å². The largest absolute Gasteiger partial charge is 0.544 e. The van der Waals surface area contributed by atoms with Crippen LogP contribution < -0.4 is 10.8 Å². The summed E-state index contributed by atoms with van der Waals surface area (Å²) < 4.78 is 0.246. The zero-order valence-corrected chi connectivity index (χ0v) is 15.3. The molecule has 0 amide bonds. The van der Waals surface area contributed by atoms with Crippen molar-refractivity contribution in [3.63, 3.8) is 0 Å². The van der Waals surface area contributed by atoms with Gasteiger partial charge in [0.1, 0.15) is 19.3 Å². The maximum atomic E-state index is 11.1. The molecule has 2 N–H and O–H groups in total. The van der Waals surface area contributed by atoms with Crippen molar-refractivity contribution < 1.29 is 14.4 Å². The minimum absolute atomic E-state index is 0.0652. The van der Waals surface area contributed by atoms with Crippen molar-refractivity contribution in [2.75, 3.05) is 19.6 Å². The quantitative estimate of drug-likeness (QED) is 0.368. The standard InChI is InChI=1S/C19H35N3O2/c1-2-3-4-5-6-7-8-9-10-11-12-18-21-14-16-22(18,15-13-20)17-19(23)24/h14,16H,2-13,15,17,20H2,1H3. The zero-order chi connectivity index (χ0) is 17.7. The minimum atomic E-state index is -1.05. The van der Waals surface area contributed by atoms with Crippen molar-refractivity contribution in [1.29, 1.82) is 0 Å². The van der Waals surface area contributed by atoms with E-state index in [1.54, 1.807) is 6.20 Å². The second-order valence-electron chi connectivity index (χ2n) is 6.85. The maximum Gasteiger partial charge on any atom is 0.207 e. The summed E-state index contributed by atoms with van der Waals surface area (Å²) in [6.07, 6.45) is 17.3. The summed E-state index contributed by atoms with van der Waals surface area (Å²) in [6, 6.07) is 0. The van der Waals surface area contributed by atoms with Crippen LogP contribution in [0.5, 0.6) is 0 Å². The number of quaternary nitrogens is 1. The van der Waals surface area contributed by atoms with Gasteiger partial charge < -0.3 is 15.6 Å². The molecule has 0 radical (unpaired) electrons. The van der Waals surface area contributed by atoms with Gasteiger partial charge in [0.15, 0.2) is 0 Å². The fraction of sp³-hybridized carbons (Fsp3) is 0.789. The van der Waals surface area contributed by atoms with Crippen molar-refractivity contribution in [2.24, 2.45) is 10.7 Å². The first-order valence-corrected chi connectivity index (χ1v) is 9.66. The lowest BCUT2D eigenvalue weighted by molar-refractivity contribution is -0.780. The summed E-state index contributed by atoms with van der Waals surface area (Å²) in [5.41, 5.74) is 5.67. The maximum absolute atomic E-state index is 11.1. The first-order chi connectivity index (χ1) is 11.6. The number of carboxylic acid groups (broad SMARTS) is 1. The molecule has 1 aliphatic rings. The number of aliphatic carboxylic acids is 1. The van der Waals surface area contributed by atoms with Crippen LogP contribution in [0.4, 0.5) is 0 Å². The average Bonchev–Trinajstić information content (AvgIpc) is 2.91. The normalized spacial score (nSPS) is 19.7. The van der Waals surface area contributed by atoms with Crippen molar-refractivity contribution in [3.8, 4) is 0 Å². The number of nitrogens with zero attached hydrogens (tertiary/aromatic N) is 2. The Morgan fingerprint density at radius 1 is 1.08 bits per heavy atom. The fourth-order valence-corrected chi connectivity index (χ4v) is 3.39. The molecule has 0 saturated carbocycles. The Morgan fingerprint density at radius 2 is 1.67 bits per heavy atom. The van der Waals surface area contributed by atoms with E-state index in [0.717, 1.165) is 18.7 Å². The Balaban J connectivity index is 2.18. The number of aliphatic imine (C=N–C) groups is 1. The number of unbranched alkanes of at least 4 members (excludes halogenated alkanes) is 9. The lowest BCUT2D eigenvalue weighted by Crippen LogP contribution is -2.55. The summed E-state index contributed by atoms with van der Waals surface area (Å²) in [7, 11) is 0. The van der Waals surface area contributed by atoms with Crippen LogP contribution in [0.3, 0.4) is 0 Å². The predicted molar refractivity (Wildman–Crippen MR) is 97.1 cm³/mol. The second kappa shape index (κ2) is 12.2. The van der Waals surface area contributed by atoms with E-state index in [2.05, 4.69) is 11.9 Å². The third-order valence-electron chi connectivity index (χ3n) is 4.78. The molecule has 0 aromatic rings. The summed E-state index contributed by atoms with van der Waals surface area (Å²) in [5, 5.41) is 11.1. The molecule has 1 unspecified atom stereocenters. The Morgan fingerprint density at radius 3 is 2.21 bits per heavy atom. The highest BCUT2D eigenvalue weighted by Gasteiger charge is 2.34. The molecule has 1 rings (SSSR count). The van der Waals surface area contributed by atoms with Gasteiger partial charge in [0, 0.05) is 13.0 Å². The van der Waals surface area contributed by atoms with Crippen LogP contribution in [0.15, 0.2) is 17.4 Å². The van der Waals surface area contributed by atoms with Crippen LogP contribution in [0.1, 0.15) is 77.6 Å². The molecule has 5 heteroatoms. The van der Waals surface area contributed by atoms with E-state index in [1.807, 2.05) is 6.20 Å². The van der Waals surface area contributed by atoms with E-state index in [0.29, 0.717) is 13.1 Å². The zero-order valence-electron chi connectivity index (χ0n) is 15.3. The van der Waals surface area contributed by atoms with Gasteiger partial charge in [0.25, 0.3) is 0 Å². The van der Waals surface area contributed by atoms with Gasteiger partial charge in [0.05, 0.1) is 12.2 Å². The summed E-state index contributed by atoms with van der Waals surface area (Å²) >= 11 is 0. The average molecular weight is 338 g/mol. The van der Waals surface area contributed by atoms with Crippen LogP contribution >= 0.6 is 0 Å². The number of carboxylic acids is 1. The summed E-state index contributed by atoms with van der Waals surface area (Å²) in [6.45, 7) is 3.19. The molecule has 0 aromatic heterocycles. The van der Waals surface area contributed by atoms with Gasteiger partial charge in [0.2, 0.25) is 5.84 Å². The molecule has 1 atom stereocenters. The summed E-state index contributed by atoms with van der Waals surface area (Å²) in [4.78, 5) is 15.5. The van der Waals surface area contributed by atoms with E-state index < -0.39 is 5.97 Å². The monoisotopic (exact) mass is 337 g/mol. The van der Waals surface area contributed by atoms with Crippen LogP contribution in [0.2, 0.25) is 0 Å². The topological polar surface area (TPSA) is 78.5 Å². The van der Waals surface area contributed by atoms with Crippen molar-refractivity contribution in [3.05, 3.63) is 12.4 Å². The van der Waals surface area contributed by atoms with Crippen LogP contribution in [-0.2, 0) is 4.79 Å². The molecule has 0 saturated heterocycles. The lowest BCUT2D eigenvalue weighted by atomic mass is 10.1. The van der Waals surface area contributed by atoms with Gasteiger partial charge in [-0.3, -0.25) is 0 Å². The molecule has 0 aromatic carbocycles. The number of carbonyl (C=O) groups is 1. The molecule has 5 nitrogen and oxygen atoms in total. The smallest absolute Gasteiger partial charge is 0.207 e. The van der Waals surface area contributed by atoms with Crippen molar-refractivity contribution >= 4 is 11.8 Å². The molecular formula is C19H35N3O2. The summed E-state index contributed by atoms with van der Waals surface area (Å²) in [5.74, 6) is -0.130. The van der Waals surface area contributed by atoms with Crippen molar-refractivity contribution in [1.82, 2.24) is 0 Å². The van der Waals surface area contributed by atoms with E-state index in [4.69, 9.17) is 5.73 Å². The first kappa shape index (κ1) is 20.8. The Kier molecular flexibility index (Phi) is 10.6. The van der Waals surface area contributed by atoms with E-state index in [-0.39, 0.29) is 11.0 Å². The molecular weight excluding hydrogens is 302 g/mol. The Labute approximate surface area is 147 Å². The highest BCUT2D eigenvalue weighted by Crippen LogP contribution is 2.21.